The van der Waals surface area contributed by atoms with Crippen molar-refractivity contribution in [3.8, 4) is 0 Å². The average Bonchev–Trinajstić information content (AvgIpc) is 2.42. The van der Waals surface area contributed by atoms with E-state index in [1.54, 1.807) is 12.3 Å². The molecule has 1 amide bonds. The van der Waals surface area contributed by atoms with E-state index in [2.05, 4.69) is 10.3 Å². The molecule has 0 radical (unpaired) electrons. The molecule has 0 atom stereocenters. The summed E-state index contributed by atoms with van der Waals surface area (Å²) in [5, 5.41) is 13.7. The van der Waals surface area contributed by atoms with E-state index in [0.29, 0.717) is 11.3 Å². The van der Waals surface area contributed by atoms with Crippen molar-refractivity contribution in [2.45, 2.75) is 13.8 Å². The first kappa shape index (κ1) is 14.9. The van der Waals surface area contributed by atoms with E-state index in [4.69, 9.17) is 11.6 Å². The zero-order valence-electron chi connectivity index (χ0n) is 11.4. The third-order valence-electron chi connectivity index (χ3n) is 2.97. The number of nitro benzene ring substituents is 1. The number of hydrogen-bond acceptors (Lipinski definition) is 4. The predicted molar refractivity (Wildman–Crippen MR) is 79.8 cm³/mol. The number of amides is 1. The van der Waals surface area contributed by atoms with Gasteiger partial charge in [-0.15, -0.1) is 0 Å². The van der Waals surface area contributed by atoms with Crippen LogP contribution in [-0.4, -0.2) is 15.8 Å². The standard InChI is InChI=1S/C14H12ClN3O3/c1-8-6-11(13(15)16-7-8)17-14(19)10-4-3-5-12(9(10)2)18(20)21/h3-7H,1-2H3,(H,17,19). The van der Waals surface area contributed by atoms with Gasteiger partial charge in [-0.2, -0.15) is 0 Å². The number of aromatic nitrogens is 1. The highest BCUT2D eigenvalue weighted by Crippen LogP contribution is 2.24. The van der Waals surface area contributed by atoms with Crippen LogP contribution in [0.25, 0.3) is 0 Å². The highest BCUT2D eigenvalue weighted by atomic mass is 35.5. The molecule has 0 spiro atoms. The number of benzene rings is 1. The van der Waals surface area contributed by atoms with Crippen molar-refractivity contribution in [2.24, 2.45) is 0 Å². The predicted octanol–water partition coefficient (Wildman–Crippen LogP) is 3.51. The van der Waals surface area contributed by atoms with Crippen LogP contribution in [0.5, 0.6) is 0 Å². The summed E-state index contributed by atoms with van der Waals surface area (Å²) >= 11 is 5.92. The summed E-state index contributed by atoms with van der Waals surface area (Å²) in [5.74, 6) is -0.467. The van der Waals surface area contributed by atoms with Crippen molar-refractivity contribution < 1.29 is 9.72 Å². The minimum atomic E-state index is -0.521. The van der Waals surface area contributed by atoms with Crippen molar-refractivity contribution in [2.75, 3.05) is 5.32 Å². The van der Waals surface area contributed by atoms with Crippen molar-refractivity contribution in [3.05, 3.63) is 62.4 Å². The zero-order chi connectivity index (χ0) is 15.6. The van der Waals surface area contributed by atoms with E-state index in [9.17, 15) is 14.9 Å². The summed E-state index contributed by atoms with van der Waals surface area (Å²) in [6.07, 6.45) is 1.58. The van der Waals surface area contributed by atoms with Crippen LogP contribution in [0, 0.1) is 24.0 Å². The zero-order valence-corrected chi connectivity index (χ0v) is 12.1. The molecular formula is C14H12ClN3O3. The highest BCUT2D eigenvalue weighted by molar-refractivity contribution is 6.32. The lowest BCUT2D eigenvalue weighted by atomic mass is 10.1. The van der Waals surface area contributed by atoms with E-state index in [1.807, 2.05) is 6.92 Å². The number of pyridine rings is 1. The molecule has 6 nitrogen and oxygen atoms in total. The number of halogens is 1. The lowest BCUT2D eigenvalue weighted by Crippen LogP contribution is -2.14. The quantitative estimate of drug-likeness (QED) is 0.534. The number of nitro groups is 1. The Kier molecular flexibility index (Phi) is 4.18. The van der Waals surface area contributed by atoms with Crippen LogP contribution in [0.3, 0.4) is 0 Å². The summed E-state index contributed by atoms with van der Waals surface area (Å²) in [4.78, 5) is 26.6. The molecule has 7 heteroatoms. The second-order valence-electron chi connectivity index (χ2n) is 4.51. The van der Waals surface area contributed by atoms with Gasteiger partial charge in [0.15, 0.2) is 5.15 Å². The first-order valence-electron chi connectivity index (χ1n) is 6.07. The Morgan fingerprint density at radius 3 is 2.76 bits per heavy atom. The number of rotatable bonds is 3. The molecule has 2 aromatic rings. The minimum Gasteiger partial charge on any atom is -0.319 e. The molecule has 108 valence electrons. The molecular weight excluding hydrogens is 294 g/mol. The summed E-state index contributed by atoms with van der Waals surface area (Å²) in [7, 11) is 0. The number of anilines is 1. The number of nitrogens with zero attached hydrogens (tertiary/aromatic N) is 2. The van der Waals surface area contributed by atoms with Gasteiger partial charge in [-0.3, -0.25) is 14.9 Å². The third kappa shape index (κ3) is 3.17. The number of nitrogens with one attached hydrogen (secondary N) is 1. The third-order valence-corrected chi connectivity index (χ3v) is 3.27. The highest BCUT2D eigenvalue weighted by Gasteiger charge is 2.18. The van der Waals surface area contributed by atoms with Gasteiger partial charge in [-0.05, 0) is 31.5 Å². The van der Waals surface area contributed by atoms with Gasteiger partial charge in [0.1, 0.15) is 0 Å². The summed E-state index contributed by atoms with van der Waals surface area (Å²) in [6, 6.07) is 6.03. The molecule has 0 unspecified atom stereocenters. The van der Waals surface area contributed by atoms with Crippen LogP contribution in [-0.2, 0) is 0 Å². The Labute approximate surface area is 125 Å². The Morgan fingerprint density at radius 1 is 1.38 bits per heavy atom. The van der Waals surface area contributed by atoms with Crippen molar-refractivity contribution in [1.29, 1.82) is 0 Å². The topological polar surface area (TPSA) is 85.1 Å². The molecule has 0 aliphatic carbocycles. The lowest BCUT2D eigenvalue weighted by molar-refractivity contribution is -0.385. The molecule has 0 aliphatic heterocycles. The van der Waals surface area contributed by atoms with Crippen LogP contribution >= 0.6 is 11.6 Å². The van der Waals surface area contributed by atoms with Gasteiger partial charge in [0, 0.05) is 23.4 Å². The van der Waals surface area contributed by atoms with E-state index in [-0.39, 0.29) is 16.4 Å². The number of carbonyl (C=O) groups is 1. The average molecular weight is 306 g/mol. The van der Waals surface area contributed by atoms with E-state index >= 15 is 0 Å². The Balaban J connectivity index is 2.35. The first-order chi connectivity index (χ1) is 9.90. The maximum Gasteiger partial charge on any atom is 0.273 e. The SMILES string of the molecule is Cc1cnc(Cl)c(NC(=O)c2cccc([N+](=O)[O-])c2C)c1. The van der Waals surface area contributed by atoms with Crippen LogP contribution in [0.4, 0.5) is 11.4 Å². The molecule has 0 saturated heterocycles. The fraction of sp³-hybridized carbons (Fsp3) is 0.143. The largest absolute Gasteiger partial charge is 0.319 e. The molecule has 1 aromatic carbocycles. The molecule has 0 bridgehead atoms. The van der Waals surface area contributed by atoms with Crippen molar-refractivity contribution >= 4 is 28.9 Å². The van der Waals surface area contributed by atoms with Gasteiger partial charge in [-0.25, -0.2) is 4.98 Å². The smallest absolute Gasteiger partial charge is 0.273 e. The van der Waals surface area contributed by atoms with E-state index < -0.39 is 10.8 Å². The first-order valence-corrected chi connectivity index (χ1v) is 6.45. The summed E-state index contributed by atoms with van der Waals surface area (Å²) in [5.41, 5.74) is 1.63. The molecule has 0 aliphatic rings. The number of hydrogen-bond donors (Lipinski definition) is 1. The number of aryl methyl sites for hydroxylation is 1. The molecule has 1 aromatic heterocycles. The van der Waals surface area contributed by atoms with Gasteiger partial charge < -0.3 is 5.32 Å². The molecule has 0 saturated carbocycles. The second-order valence-corrected chi connectivity index (χ2v) is 4.87. The lowest BCUT2D eigenvalue weighted by Gasteiger charge is -2.09. The Morgan fingerprint density at radius 2 is 2.10 bits per heavy atom. The monoisotopic (exact) mass is 305 g/mol. The number of carbonyl (C=O) groups excluding carboxylic acids is 1. The van der Waals surface area contributed by atoms with Crippen LogP contribution in [0.2, 0.25) is 5.15 Å². The van der Waals surface area contributed by atoms with Gasteiger partial charge in [0.25, 0.3) is 11.6 Å². The molecule has 1 heterocycles. The van der Waals surface area contributed by atoms with Gasteiger partial charge in [0.05, 0.1) is 10.6 Å². The summed E-state index contributed by atoms with van der Waals surface area (Å²) < 4.78 is 0. The molecule has 2 rings (SSSR count). The molecule has 21 heavy (non-hydrogen) atoms. The van der Waals surface area contributed by atoms with E-state index in [0.717, 1.165) is 5.56 Å². The molecule has 0 fully saturated rings. The fourth-order valence-corrected chi connectivity index (χ4v) is 2.05. The molecule has 1 N–H and O–H groups in total. The van der Waals surface area contributed by atoms with E-state index in [1.165, 1.54) is 25.1 Å². The van der Waals surface area contributed by atoms with Crippen molar-refractivity contribution in [3.63, 3.8) is 0 Å². The fourth-order valence-electron chi connectivity index (χ4n) is 1.90. The van der Waals surface area contributed by atoms with Gasteiger partial charge in [-0.1, -0.05) is 17.7 Å². The maximum atomic E-state index is 12.3. The van der Waals surface area contributed by atoms with Crippen molar-refractivity contribution in [1.82, 2.24) is 4.98 Å². The Bertz CT molecular complexity index is 731. The second kappa shape index (κ2) is 5.88. The normalized spacial score (nSPS) is 10.2. The summed E-state index contributed by atoms with van der Waals surface area (Å²) in [6.45, 7) is 3.35. The van der Waals surface area contributed by atoms with Gasteiger partial charge >= 0.3 is 0 Å². The van der Waals surface area contributed by atoms with Crippen LogP contribution in [0.15, 0.2) is 30.5 Å². The maximum absolute atomic E-state index is 12.3. The van der Waals surface area contributed by atoms with Crippen LogP contribution < -0.4 is 5.32 Å². The van der Waals surface area contributed by atoms with Crippen LogP contribution in [0.1, 0.15) is 21.5 Å². The minimum absolute atomic E-state index is 0.101. The van der Waals surface area contributed by atoms with Gasteiger partial charge in [0.2, 0.25) is 0 Å². The Hall–Kier alpha value is -2.47.